The first kappa shape index (κ1) is 18.9. The van der Waals surface area contributed by atoms with Crippen LogP contribution in [0, 0.1) is 13.8 Å². The van der Waals surface area contributed by atoms with Crippen LogP contribution in [0.5, 0.6) is 5.75 Å². The molecule has 0 fully saturated rings. The fourth-order valence-corrected chi connectivity index (χ4v) is 2.54. The zero-order valence-corrected chi connectivity index (χ0v) is 13.2. The van der Waals surface area contributed by atoms with Gasteiger partial charge in [-0.2, -0.15) is 31.2 Å². The Labute approximate surface area is 130 Å². The van der Waals surface area contributed by atoms with Gasteiger partial charge in [0, 0.05) is 30.4 Å². The van der Waals surface area contributed by atoms with Gasteiger partial charge in [0.05, 0.1) is 0 Å². The van der Waals surface area contributed by atoms with Crippen LogP contribution in [0.3, 0.4) is 0 Å². The smallest absolute Gasteiger partial charge is 0.375 e. The molecular formula is C12H13F3N2O5S. The molecule has 0 aliphatic carbocycles. The Bertz CT molecular complexity index is 740. The summed E-state index contributed by atoms with van der Waals surface area (Å²) in [6, 6.07) is 0. The average Bonchev–Trinajstić information content (AvgIpc) is 2.76. The Morgan fingerprint density at radius 1 is 1.26 bits per heavy atom. The van der Waals surface area contributed by atoms with E-state index < -0.39 is 15.6 Å². The van der Waals surface area contributed by atoms with Gasteiger partial charge < -0.3 is 9.08 Å². The lowest BCUT2D eigenvalue weighted by Gasteiger charge is -2.17. The minimum Gasteiger partial charge on any atom is -0.375 e. The molecule has 128 valence electrons. The van der Waals surface area contributed by atoms with Crippen LogP contribution in [-0.4, -0.2) is 38.7 Å². The molecule has 0 radical (unpaired) electrons. The number of hydrogen-bond acceptors (Lipinski definition) is 7. The van der Waals surface area contributed by atoms with Crippen LogP contribution in [-0.2, 0) is 26.1 Å². The third-order valence-electron chi connectivity index (χ3n) is 3.24. The number of aryl methyl sites for hydroxylation is 1. The molecule has 0 bridgehead atoms. The third-order valence-corrected chi connectivity index (χ3v) is 4.19. The highest BCUT2D eigenvalue weighted by molar-refractivity contribution is 7.88. The molecule has 23 heavy (non-hydrogen) atoms. The molecule has 0 N–H and O–H groups in total. The molecule has 0 spiro atoms. The van der Waals surface area contributed by atoms with E-state index in [1.165, 1.54) is 6.92 Å². The van der Waals surface area contributed by atoms with E-state index in [2.05, 4.69) is 9.17 Å². The number of pyridine rings is 1. The van der Waals surface area contributed by atoms with E-state index in [9.17, 15) is 21.6 Å². The Morgan fingerprint density at radius 2 is 1.78 bits per heavy atom. The molecule has 0 saturated heterocycles. The maximum Gasteiger partial charge on any atom is 0.534 e. The fraction of sp³-hybridized carbons (Fsp3) is 0.500. The quantitative estimate of drug-likeness (QED) is 0.584. The summed E-state index contributed by atoms with van der Waals surface area (Å²) in [5.41, 5.74) is -4.33. The molecule has 11 heteroatoms. The van der Waals surface area contributed by atoms with Crippen LogP contribution in [0.1, 0.15) is 16.8 Å². The first-order valence-electron chi connectivity index (χ1n) is 6.17. The zero-order valence-electron chi connectivity index (χ0n) is 12.4. The summed E-state index contributed by atoms with van der Waals surface area (Å²) in [6.07, 6.45) is 0.642. The molecule has 1 aliphatic rings. The predicted molar refractivity (Wildman–Crippen MR) is 71.3 cm³/mol. The van der Waals surface area contributed by atoms with E-state index in [4.69, 9.17) is 9.59 Å². The fourth-order valence-electron chi connectivity index (χ4n) is 2.00. The van der Waals surface area contributed by atoms with E-state index >= 15 is 0 Å². The number of carbonyl (C=O) groups excluding carboxylic acids is 2. The molecule has 2 heterocycles. The Balaban J connectivity index is 0.000000816. The van der Waals surface area contributed by atoms with Crippen molar-refractivity contribution in [1.29, 1.82) is 0 Å². The number of halogens is 3. The van der Waals surface area contributed by atoms with Crippen molar-refractivity contribution in [2.24, 2.45) is 0 Å². The monoisotopic (exact) mass is 354 g/mol. The minimum atomic E-state index is -5.68. The number of alkyl halides is 3. The number of anilines is 1. The third kappa shape index (κ3) is 3.80. The van der Waals surface area contributed by atoms with Crippen LogP contribution in [0.25, 0.3) is 0 Å². The van der Waals surface area contributed by atoms with Crippen molar-refractivity contribution in [2.45, 2.75) is 25.8 Å². The molecule has 0 saturated carbocycles. The zero-order chi connectivity index (χ0) is 18.0. The maximum absolute atomic E-state index is 12.4. The van der Waals surface area contributed by atoms with Crippen molar-refractivity contribution in [3.8, 4) is 5.75 Å². The van der Waals surface area contributed by atoms with Gasteiger partial charge in [0.2, 0.25) is 0 Å². The highest BCUT2D eigenvalue weighted by Gasteiger charge is 2.49. The van der Waals surface area contributed by atoms with Gasteiger partial charge >= 0.3 is 21.8 Å². The van der Waals surface area contributed by atoms with Gasteiger partial charge in [-0.25, -0.2) is 4.98 Å². The van der Waals surface area contributed by atoms with Gasteiger partial charge in [-0.15, -0.1) is 0 Å². The predicted octanol–water partition coefficient (Wildman–Crippen LogP) is 1.34. The van der Waals surface area contributed by atoms with Crippen molar-refractivity contribution in [3.63, 3.8) is 0 Å². The second kappa shape index (κ2) is 6.55. The normalized spacial score (nSPS) is 13.7. The second-order valence-corrected chi connectivity index (χ2v) is 6.23. The second-order valence-electron chi connectivity index (χ2n) is 4.69. The van der Waals surface area contributed by atoms with Crippen LogP contribution in [0.4, 0.5) is 19.0 Å². The Hall–Kier alpha value is -2.13. The SMILES string of the molecule is Cc1nc2c(c(OS(=O)(=O)C(F)(F)F)c1C)CCN2C.O=C=O. The number of aromatic nitrogens is 1. The highest BCUT2D eigenvalue weighted by Crippen LogP contribution is 2.39. The lowest BCUT2D eigenvalue weighted by Crippen LogP contribution is -2.28. The van der Waals surface area contributed by atoms with Gasteiger partial charge in [-0.05, 0) is 20.3 Å². The van der Waals surface area contributed by atoms with Crippen molar-refractivity contribution in [1.82, 2.24) is 4.98 Å². The average molecular weight is 354 g/mol. The van der Waals surface area contributed by atoms with Crippen molar-refractivity contribution in [3.05, 3.63) is 16.8 Å². The van der Waals surface area contributed by atoms with Crippen LogP contribution in [0.15, 0.2) is 0 Å². The summed E-state index contributed by atoms with van der Waals surface area (Å²) in [5, 5.41) is 0. The highest BCUT2D eigenvalue weighted by atomic mass is 32.2. The van der Waals surface area contributed by atoms with Crippen molar-refractivity contribution >= 4 is 22.1 Å². The summed E-state index contributed by atoms with van der Waals surface area (Å²) in [5.74, 6) is 0.203. The van der Waals surface area contributed by atoms with Gasteiger partial charge in [-0.3, -0.25) is 0 Å². The summed E-state index contributed by atoms with van der Waals surface area (Å²) >= 11 is 0. The van der Waals surface area contributed by atoms with Crippen LogP contribution in [0.2, 0.25) is 0 Å². The molecule has 1 aliphatic heterocycles. The molecule has 1 aromatic rings. The first-order chi connectivity index (χ1) is 10.5. The summed E-state index contributed by atoms with van der Waals surface area (Å²) in [4.78, 5) is 22.3. The largest absolute Gasteiger partial charge is 0.534 e. The van der Waals surface area contributed by atoms with Crippen molar-refractivity contribution in [2.75, 3.05) is 18.5 Å². The lowest BCUT2D eigenvalue weighted by atomic mass is 10.1. The summed E-state index contributed by atoms with van der Waals surface area (Å²) in [7, 11) is -3.94. The van der Waals surface area contributed by atoms with Gasteiger partial charge in [0.1, 0.15) is 5.82 Å². The van der Waals surface area contributed by atoms with Gasteiger partial charge in [-0.1, -0.05) is 0 Å². The molecule has 2 rings (SSSR count). The van der Waals surface area contributed by atoms with Gasteiger partial charge in [0.25, 0.3) is 0 Å². The number of nitrogens with zero attached hydrogens (tertiary/aromatic N) is 2. The summed E-state index contributed by atoms with van der Waals surface area (Å²) in [6.45, 7) is 3.63. The Kier molecular flexibility index (Phi) is 5.39. The van der Waals surface area contributed by atoms with Crippen LogP contribution < -0.4 is 9.08 Å². The number of likely N-dealkylation sites (N-methyl/N-ethyl adjacent to an activating group) is 1. The lowest BCUT2D eigenvalue weighted by molar-refractivity contribution is -0.191. The molecule has 0 amide bonds. The molecule has 0 atom stereocenters. The van der Waals surface area contributed by atoms with E-state index in [-0.39, 0.29) is 11.9 Å². The standard InChI is InChI=1S/C11H13F3N2O3S.CO2/c1-6-7(2)15-10-8(4-5-16(10)3)9(6)19-20(17,18)11(12,13)14;2-1-3/h4-5H2,1-3H3;. The van der Waals surface area contributed by atoms with E-state index in [1.807, 2.05) is 0 Å². The molecule has 0 aromatic carbocycles. The molecule has 7 nitrogen and oxygen atoms in total. The number of hydrogen-bond donors (Lipinski definition) is 0. The van der Waals surface area contributed by atoms with E-state index in [0.717, 1.165) is 0 Å². The molecule has 1 aromatic heterocycles. The minimum absolute atomic E-state index is 0.250. The molecular weight excluding hydrogens is 341 g/mol. The van der Waals surface area contributed by atoms with Crippen molar-refractivity contribution < 1.29 is 35.4 Å². The van der Waals surface area contributed by atoms with E-state index in [0.29, 0.717) is 35.6 Å². The van der Waals surface area contributed by atoms with E-state index in [1.54, 1.807) is 18.9 Å². The van der Waals surface area contributed by atoms with Gasteiger partial charge in [0.15, 0.2) is 5.75 Å². The summed E-state index contributed by atoms with van der Waals surface area (Å²) < 4.78 is 64.0. The number of rotatable bonds is 2. The molecule has 0 unspecified atom stereocenters. The topological polar surface area (TPSA) is 93.6 Å². The van der Waals surface area contributed by atoms with Crippen LogP contribution >= 0.6 is 0 Å². The number of fused-ring (bicyclic) bond motifs is 1. The Morgan fingerprint density at radius 3 is 2.26 bits per heavy atom. The maximum atomic E-state index is 12.4. The first-order valence-corrected chi connectivity index (χ1v) is 7.58.